The molecule has 0 spiro atoms. The predicted molar refractivity (Wildman–Crippen MR) is 53.1 cm³/mol. The van der Waals surface area contributed by atoms with Gasteiger partial charge in [-0.05, 0) is 13.3 Å². The molecule has 14 heavy (non-hydrogen) atoms. The Labute approximate surface area is 85.7 Å². The Morgan fingerprint density at radius 3 is 2.57 bits per heavy atom. The molecule has 0 aliphatic carbocycles. The van der Waals surface area contributed by atoms with Gasteiger partial charge in [0.05, 0.1) is 12.2 Å². The van der Waals surface area contributed by atoms with Gasteiger partial charge in [-0.2, -0.15) is 0 Å². The van der Waals surface area contributed by atoms with Crippen molar-refractivity contribution >= 4 is 0 Å². The maximum atomic E-state index is 5.82. The van der Waals surface area contributed by atoms with Crippen LogP contribution in [0, 0.1) is 5.41 Å². The highest BCUT2D eigenvalue weighted by Gasteiger charge is 2.59. The highest BCUT2D eigenvalue weighted by molar-refractivity contribution is 5.02. The maximum Gasteiger partial charge on any atom is 0.166 e. The molecule has 2 unspecified atom stereocenters. The number of ether oxygens (including phenoxy) is 3. The molecule has 0 N–H and O–H groups in total. The molecule has 3 aliphatic heterocycles. The van der Waals surface area contributed by atoms with Crippen LogP contribution in [0.3, 0.4) is 0 Å². The summed E-state index contributed by atoms with van der Waals surface area (Å²) in [6.07, 6.45) is 1.90. The molecule has 3 fully saturated rings. The van der Waals surface area contributed by atoms with Crippen LogP contribution in [0.2, 0.25) is 0 Å². The molecule has 0 aromatic carbocycles. The van der Waals surface area contributed by atoms with E-state index in [0.717, 1.165) is 32.7 Å². The fourth-order valence-electron chi connectivity index (χ4n) is 2.07. The Hall–Kier alpha value is -0.120. The molecule has 3 rings (SSSR count). The van der Waals surface area contributed by atoms with Crippen molar-refractivity contribution in [3.05, 3.63) is 0 Å². The van der Waals surface area contributed by atoms with E-state index < -0.39 is 0 Å². The molecule has 2 bridgehead atoms. The third kappa shape index (κ3) is 1.47. The van der Waals surface area contributed by atoms with Gasteiger partial charge in [-0.1, -0.05) is 13.8 Å². The Bertz CT molecular complexity index is 208. The summed E-state index contributed by atoms with van der Waals surface area (Å²) in [5.41, 5.74) is 0.0305. The lowest BCUT2D eigenvalue weighted by molar-refractivity contribution is -0.392. The summed E-state index contributed by atoms with van der Waals surface area (Å²) in [5, 5.41) is 0. The van der Waals surface area contributed by atoms with Gasteiger partial charge in [0.15, 0.2) is 6.29 Å². The Morgan fingerprint density at radius 2 is 1.86 bits per heavy atom. The zero-order valence-electron chi connectivity index (χ0n) is 9.34. The van der Waals surface area contributed by atoms with E-state index in [1.165, 1.54) is 0 Å². The standard InChI is InChI=1S/C11H20O3/c1-10(2)9-13-7-4-6-12-8-5-11(10,3)14-9/h9H,4-8H2,1-3H3. The van der Waals surface area contributed by atoms with Gasteiger partial charge < -0.3 is 14.2 Å². The summed E-state index contributed by atoms with van der Waals surface area (Å²) >= 11 is 0. The van der Waals surface area contributed by atoms with Crippen LogP contribution in [0.1, 0.15) is 33.6 Å². The molecule has 3 heterocycles. The highest BCUT2D eigenvalue weighted by Crippen LogP contribution is 2.52. The summed E-state index contributed by atoms with van der Waals surface area (Å²) in [4.78, 5) is 0. The summed E-state index contributed by atoms with van der Waals surface area (Å²) in [5.74, 6) is 0. The van der Waals surface area contributed by atoms with Gasteiger partial charge in [-0.15, -0.1) is 0 Å². The second-order valence-corrected chi connectivity index (χ2v) is 4.99. The van der Waals surface area contributed by atoms with Gasteiger partial charge >= 0.3 is 0 Å². The van der Waals surface area contributed by atoms with Crippen molar-refractivity contribution in [1.29, 1.82) is 0 Å². The molecule has 0 saturated carbocycles. The lowest BCUT2D eigenvalue weighted by Gasteiger charge is -2.59. The van der Waals surface area contributed by atoms with Crippen molar-refractivity contribution < 1.29 is 14.2 Å². The molecule has 0 aromatic heterocycles. The van der Waals surface area contributed by atoms with Crippen molar-refractivity contribution in [2.75, 3.05) is 19.8 Å². The smallest absolute Gasteiger partial charge is 0.166 e. The van der Waals surface area contributed by atoms with Crippen molar-refractivity contribution in [3.63, 3.8) is 0 Å². The molecule has 3 heteroatoms. The molecule has 82 valence electrons. The molecule has 2 atom stereocenters. The summed E-state index contributed by atoms with van der Waals surface area (Å²) in [7, 11) is 0. The second kappa shape index (κ2) is 3.47. The van der Waals surface area contributed by atoms with E-state index in [1.54, 1.807) is 0 Å². The van der Waals surface area contributed by atoms with E-state index in [9.17, 15) is 0 Å². The lowest BCUT2D eigenvalue weighted by atomic mass is 9.68. The number of rotatable bonds is 0. The fraction of sp³-hybridized carbons (Fsp3) is 1.00. The third-order valence-corrected chi connectivity index (χ3v) is 3.75. The molecule has 3 nitrogen and oxygen atoms in total. The van der Waals surface area contributed by atoms with E-state index in [0.29, 0.717) is 0 Å². The first-order valence-corrected chi connectivity index (χ1v) is 5.43. The molecule has 3 saturated heterocycles. The van der Waals surface area contributed by atoms with Gasteiger partial charge in [0.25, 0.3) is 0 Å². The van der Waals surface area contributed by atoms with E-state index >= 15 is 0 Å². The van der Waals surface area contributed by atoms with E-state index in [2.05, 4.69) is 20.8 Å². The SMILES string of the molecule is CC12CCOCCCOC(O1)C2(C)C. The zero-order valence-corrected chi connectivity index (χ0v) is 9.34. The second-order valence-electron chi connectivity index (χ2n) is 4.99. The Balaban J connectivity index is 2.04. The number of hydrogen-bond donors (Lipinski definition) is 0. The Morgan fingerprint density at radius 1 is 1.07 bits per heavy atom. The monoisotopic (exact) mass is 200 g/mol. The van der Waals surface area contributed by atoms with Crippen LogP contribution in [-0.2, 0) is 14.2 Å². The quantitative estimate of drug-likeness (QED) is 0.598. The number of hydrogen-bond acceptors (Lipinski definition) is 3. The van der Waals surface area contributed by atoms with E-state index in [4.69, 9.17) is 14.2 Å². The van der Waals surface area contributed by atoms with E-state index in [1.807, 2.05) is 0 Å². The van der Waals surface area contributed by atoms with Gasteiger partial charge in [-0.25, -0.2) is 0 Å². The van der Waals surface area contributed by atoms with Crippen molar-refractivity contribution in [2.45, 2.75) is 45.5 Å². The van der Waals surface area contributed by atoms with Crippen molar-refractivity contribution in [1.82, 2.24) is 0 Å². The van der Waals surface area contributed by atoms with Gasteiger partial charge in [-0.3, -0.25) is 0 Å². The summed E-state index contributed by atoms with van der Waals surface area (Å²) in [6.45, 7) is 8.92. The molecule has 0 aromatic rings. The summed E-state index contributed by atoms with van der Waals surface area (Å²) < 4.78 is 17.0. The normalized spacial score (nSPS) is 42.6. The third-order valence-electron chi connectivity index (χ3n) is 3.75. The molecular formula is C11H20O3. The Kier molecular flexibility index (Phi) is 2.58. The fourth-order valence-corrected chi connectivity index (χ4v) is 2.07. The van der Waals surface area contributed by atoms with Crippen LogP contribution in [0.15, 0.2) is 0 Å². The average molecular weight is 200 g/mol. The van der Waals surface area contributed by atoms with Crippen molar-refractivity contribution in [2.24, 2.45) is 5.41 Å². The van der Waals surface area contributed by atoms with Crippen LogP contribution in [0.4, 0.5) is 0 Å². The minimum Gasteiger partial charge on any atom is -0.381 e. The van der Waals surface area contributed by atoms with Crippen LogP contribution in [-0.4, -0.2) is 31.7 Å². The largest absolute Gasteiger partial charge is 0.381 e. The van der Waals surface area contributed by atoms with Gasteiger partial charge in [0.1, 0.15) is 0 Å². The minimum atomic E-state index is -0.0744. The molecule has 0 radical (unpaired) electrons. The van der Waals surface area contributed by atoms with Crippen LogP contribution < -0.4 is 0 Å². The predicted octanol–water partition coefficient (Wildman–Crippen LogP) is 1.95. The van der Waals surface area contributed by atoms with Crippen molar-refractivity contribution in [3.8, 4) is 0 Å². The van der Waals surface area contributed by atoms with Crippen LogP contribution in [0.25, 0.3) is 0 Å². The molecule has 3 aliphatic rings. The lowest BCUT2D eigenvalue weighted by Crippen LogP contribution is -2.66. The molecule has 0 amide bonds. The van der Waals surface area contributed by atoms with Crippen LogP contribution in [0.5, 0.6) is 0 Å². The van der Waals surface area contributed by atoms with E-state index in [-0.39, 0.29) is 17.3 Å². The molecular weight excluding hydrogens is 180 g/mol. The number of fused-ring (bicyclic) bond motifs is 6. The first-order chi connectivity index (χ1) is 6.56. The topological polar surface area (TPSA) is 27.7 Å². The van der Waals surface area contributed by atoms with Gasteiger partial charge in [0.2, 0.25) is 0 Å². The minimum absolute atomic E-state index is 0.0226. The summed E-state index contributed by atoms with van der Waals surface area (Å²) in [6, 6.07) is 0. The zero-order chi connectivity index (χ0) is 10.2. The maximum absolute atomic E-state index is 5.82. The van der Waals surface area contributed by atoms with Gasteiger partial charge in [0, 0.05) is 25.0 Å². The van der Waals surface area contributed by atoms with Crippen LogP contribution >= 0.6 is 0 Å². The average Bonchev–Trinajstić information content (AvgIpc) is 2.15. The first-order valence-electron chi connectivity index (χ1n) is 5.43. The highest BCUT2D eigenvalue weighted by atomic mass is 16.7. The first kappa shape index (κ1) is 10.4.